The van der Waals surface area contributed by atoms with E-state index in [0.717, 1.165) is 62.4 Å². The average molecular weight is 469 g/mol. The van der Waals surface area contributed by atoms with Crippen molar-refractivity contribution in [3.05, 3.63) is 42.1 Å². The summed E-state index contributed by atoms with van der Waals surface area (Å²) in [7, 11) is 0. The van der Waals surface area contributed by atoms with Crippen molar-refractivity contribution in [3.63, 3.8) is 0 Å². The highest BCUT2D eigenvalue weighted by Gasteiger charge is 2.68. The summed E-state index contributed by atoms with van der Waals surface area (Å²) in [5.41, 5.74) is 1.32. The van der Waals surface area contributed by atoms with Gasteiger partial charge < -0.3 is 19.1 Å². The second-order valence-corrected chi connectivity index (χ2v) is 10.2. The quantitative estimate of drug-likeness (QED) is 0.274. The number of Topliss-reactive ketones (excluding diaryl/α,β-unsaturated/α-hetero) is 1. The molecular formula is C26H32N2O6. The number of benzene rings is 1. The first-order valence-electron chi connectivity index (χ1n) is 11.6. The first-order chi connectivity index (χ1) is 16.0. The third kappa shape index (κ3) is 4.52. The van der Waals surface area contributed by atoms with Gasteiger partial charge in [-0.05, 0) is 29.0 Å². The van der Waals surface area contributed by atoms with Crippen molar-refractivity contribution in [2.75, 3.05) is 32.8 Å². The molecule has 0 spiro atoms. The fraction of sp³-hybridized carbons (Fsp3) is 0.500. The zero-order chi connectivity index (χ0) is 24.7. The van der Waals surface area contributed by atoms with E-state index in [1.807, 2.05) is 12.3 Å². The molecule has 8 heteroatoms. The highest BCUT2D eigenvalue weighted by Crippen LogP contribution is 2.69. The first kappa shape index (κ1) is 24.2. The number of hydrogen-bond acceptors (Lipinski definition) is 6. The number of aliphatic carboxylic acids is 1. The van der Waals surface area contributed by atoms with Crippen LogP contribution in [-0.2, 0) is 20.9 Å². The first-order valence-corrected chi connectivity index (χ1v) is 11.6. The average Bonchev–Trinajstić information content (AvgIpc) is 3.04. The predicted octanol–water partition coefficient (Wildman–Crippen LogP) is 3.38. The standard InChI is InChI=1S/C26H32N2O6/c1-25(2)24(26(25,3)4)23(32)19-16-28(10-9-27-11-13-33-14-12-27)20-6-5-17(15-18(19)20)34-22(31)8-7-21(29)30/h5-8,15-16,24H,9-14H2,1-4H3,(H,29,30). The van der Waals surface area contributed by atoms with E-state index in [4.69, 9.17) is 14.6 Å². The smallest absolute Gasteiger partial charge is 0.336 e. The van der Waals surface area contributed by atoms with Crippen molar-refractivity contribution in [3.8, 4) is 5.75 Å². The molecule has 8 nitrogen and oxygen atoms in total. The summed E-state index contributed by atoms with van der Waals surface area (Å²) in [6.45, 7) is 13.3. The summed E-state index contributed by atoms with van der Waals surface area (Å²) in [6.07, 6.45) is 3.52. The second kappa shape index (κ2) is 9.00. The molecule has 0 atom stereocenters. The van der Waals surface area contributed by atoms with Gasteiger partial charge >= 0.3 is 11.9 Å². The van der Waals surface area contributed by atoms with Gasteiger partial charge in [0.15, 0.2) is 5.78 Å². The molecule has 1 saturated carbocycles. The molecule has 182 valence electrons. The Balaban J connectivity index is 1.65. The Kier molecular flexibility index (Phi) is 6.40. The normalized spacial score (nSPS) is 20.0. The highest BCUT2D eigenvalue weighted by atomic mass is 16.5. The minimum Gasteiger partial charge on any atom is -0.478 e. The van der Waals surface area contributed by atoms with Crippen LogP contribution >= 0.6 is 0 Å². The third-order valence-electron chi connectivity index (χ3n) is 7.74. The zero-order valence-corrected chi connectivity index (χ0v) is 20.2. The van der Waals surface area contributed by atoms with Gasteiger partial charge in [-0.15, -0.1) is 0 Å². The molecular weight excluding hydrogens is 436 g/mol. The molecule has 1 aromatic heterocycles. The number of rotatable bonds is 8. The van der Waals surface area contributed by atoms with Gasteiger partial charge in [-0.3, -0.25) is 9.69 Å². The van der Waals surface area contributed by atoms with E-state index >= 15 is 0 Å². The van der Waals surface area contributed by atoms with Gasteiger partial charge in [-0.2, -0.15) is 0 Å². The fourth-order valence-corrected chi connectivity index (χ4v) is 5.09. The van der Waals surface area contributed by atoms with Crippen molar-refractivity contribution in [2.45, 2.75) is 34.2 Å². The number of ketones is 1. The largest absolute Gasteiger partial charge is 0.478 e. The van der Waals surface area contributed by atoms with E-state index in [9.17, 15) is 14.4 Å². The van der Waals surface area contributed by atoms with Crippen LogP contribution in [0.4, 0.5) is 0 Å². The maximum absolute atomic E-state index is 13.7. The molecule has 1 N–H and O–H groups in total. The van der Waals surface area contributed by atoms with Crippen molar-refractivity contribution in [1.29, 1.82) is 0 Å². The van der Waals surface area contributed by atoms with Crippen LogP contribution in [0.3, 0.4) is 0 Å². The van der Waals surface area contributed by atoms with Gasteiger partial charge in [0.25, 0.3) is 0 Å². The molecule has 2 fully saturated rings. The number of aromatic nitrogens is 1. The molecule has 0 bridgehead atoms. The molecule has 0 radical (unpaired) electrons. The van der Waals surface area contributed by atoms with Crippen LogP contribution in [0.1, 0.15) is 38.1 Å². The van der Waals surface area contributed by atoms with Crippen molar-refractivity contribution in [2.24, 2.45) is 16.7 Å². The van der Waals surface area contributed by atoms with Gasteiger partial charge in [0.05, 0.1) is 13.2 Å². The van der Waals surface area contributed by atoms with E-state index in [0.29, 0.717) is 5.56 Å². The molecule has 2 aliphatic rings. The van der Waals surface area contributed by atoms with E-state index in [1.54, 1.807) is 12.1 Å². The Morgan fingerprint density at radius 1 is 1.09 bits per heavy atom. The molecule has 1 aromatic carbocycles. The van der Waals surface area contributed by atoms with Crippen LogP contribution in [-0.4, -0.2) is 65.1 Å². The third-order valence-corrected chi connectivity index (χ3v) is 7.74. The Hall–Kier alpha value is -2.97. The summed E-state index contributed by atoms with van der Waals surface area (Å²) in [5.74, 6) is -1.75. The Morgan fingerprint density at radius 2 is 1.76 bits per heavy atom. The van der Waals surface area contributed by atoms with Gasteiger partial charge in [0.1, 0.15) is 5.75 Å². The lowest BCUT2D eigenvalue weighted by atomic mass is 10.0. The Morgan fingerprint density at radius 3 is 2.38 bits per heavy atom. The summed E-state index contributed by atoms with van der Waals surface area (Å²) in [4.78, 5) is 38.6. The molecule has 4 rings (SSSR count). The molecule has 2 heterocycles. The number of fused-ring (bicyclic) bond motifs is 1. The summed E-state index contributed by atoms with van der Waals surface area (Å²) < 4.78 is 12.8. The van der Waals surface area contributed by atoms with Gasteiger partial charge in [0, 0.05) is 66.9 Å². The Labute approximate surface area is 199 Å². The maximum Gasteiger partial charge on any atom is 0.336 e. The lowest BCUT2D eigenvalue weighted by Crippen LogP contribution is -2.38. The molecule has 2 aromatic rings. The molecule has 1 aliphatic carbocycles. The van der Waals surface area contributed by atoms with E-state index < -0.39 is 11.9 Å². The van der Waals surface area contributed by atoms with Crippen LogP contribution in [0.25, 0.3) is 10.9 Å². The number of morpholine rings is 1. The van der Waals surface area contributed by atoms with Crippen LogP contribution in [0, 0.1) is 16.7 Å². The molecule has 0 amide bonds. The maximum atomic E-state index is 13.7. The SMILES string of the molecule is CC1(C)C(C(=O)c2cn(CCN3CCOCC3)c3ccc(OC(=O)C=CC(=O)O)cc23)C1(C)C. The van der Waals surface area contributed by atoms with Crippen LogP contribution in [0.2, 0.25) is 0 Å². The summed E-state index contributed by atoms with van der Waals surface area (Å²) in [5, 5.41) is 9.45. The van der Waals surface area contributed by atoms with E-state index in [-0.39, 0.29) is 28.3 Å². The number of carboxylic acids is 1. The lowest BCUT2D eigenvalue weighted by Gasteiger charge is -2.26. The number of carbonyl (C=O) groups is 3. The number of carbonyl (C=O) groups excluding carboxylic acids is 2. The minimum atomic E-state index is -1.23. The van der Waals surface area contributed by atoms with Crippen molar-refractivity contribution in [1.82, 2.24) is 9.47 Å². The molecule has 0 unspecified atom stereocenters. The summed E-state index contributed by atoms with van der Waals surface area (Å²) in [6, 6.07) is 5.21. The number of carboxylic acid groups (broad SMARTS) is 1. The minimum absolute atomic E-state index is 0.0944. The van der Waals surface area contributed by atoms with Gasteiger partial charge in [-0.25, -0.2) is 9.59 Å². The molecule has 34 heavy (non-hydrogen) atoms. The topological polar surface area (TPSA) is 98.1 Å². The van der Waals surface area contributed by atoms with Crippen LogP contribution in [0.15, 0.2) is 36.5 Å². The fourth-order valence-electron chi connectivity index (χ4n) is 5.09. The molecule has 1 saturated heterocycles. The Bertz CT molecular complexity index is 1140. The van der Waals surface area contributed by atoms with E-state index in [2.05, 4.69) is 37.2 Å². The number of esters is 1. The number of ether oxygens (including phenoxy) is 2. The van der Waals surface area contributed by atoms with Gasteiger partial charge in [0.2, 0.25) is 0 Å². The predicted molar refractivity (Wildman–Crippen MR) is 127 cm³/mol. The lowest BCUT2D eigenvalue weighted by molar-refractivity contribution is -0.133. The molecule has 1 aliphatic heterocycles. The van der Waals surface area contributed by atoms with Crippen LogP contribution in [0.5, 0.6) is 5.75 Å². The van der Waals surface area contributed by atoms with Crippen molar-refractivity contribution < 1.29 is 29.0 Å². The van der Waals surface area contributed by atoms with Crippen LogP contribution < -0.4 is 4.74 Å². The monoisotopic (exact) mass is 468 g/mol. The summed E-state index contributed by atoms with van der Waals surface area (Å²) >= 11 is 0. The van der Waals surface area contributed by atoms with E-state index in [1.165, 1.54) is 0 Å². The number of nitrogens with zero attached hydrogens (tertiary/aromatic N) is 2. The van der Waals surface area contributed by atoms with Crippen molar-refractivity contribution >= 4 is 28.6 Å². The zero-order valence-electron chi connectivity index (χ0n) is 20.2. The number of hydrogen-bond donors (Lipinski definition) is 1. The second-order valence-electron chi connectivity index (χ2n) is 10.2. The highest BCUT2D eigenvalue weighted by molar-refractivity contribution is 6.11. The van der Waals surface area contributed by atoms with Gasteiger partial charge in [-0.1, -0.05) is 27.7 Å².